The van der Waals surface area contributed by atoms with Crippen LogP contribution < -0.4 is 56.7 Å². The van der Waals surface area contributed by atoms with Crippen molar-refractivity contribution in [2.75, 3.05) is 122 Å². The number of hydrogen-bond acceptors (Lipinski definition) is 16. The molecule has 550 valence electrons. The molecule has 8 aromatic carbocycles. The van der Waals surface area contributed by atoms with Crippen molar-refractivity contribution in [2.24, 2.45) is 5.41 Å². The van der Waals surface area contributed by atoms with Gasteiger partial charge in [-0.3, -0.25) is 38.4 Å². The van der Waals surface area contributed by atoms with Crippen LogP contribution in [0.3, 0.4) is 0 Å². The second-order valence-electron chi connectivity index (χ2n) is 27.8. The number of ether oxygens (including phenoxy) is 8. The van der Waals surface area contributed by atoms with Gasteiger partial charge in [-0.15, -0.1) is 0 Å². The molecule has 0 aromatic heterocycles. The van der Waals surface area contributed by atoms with Crippen molar-refractivity contribution >= 4 is 92.8 Å². The Bertz CT molecular complexity index is 4670. The highest BCUT2D eigenvalue weighted by Gasteiger charge is 2.35. The van der Waals surface area contributed by atoms with Gasteiger partial charge in [-0.2, -0.15) is 0 Å². The van der Waals surface area contributed by atoms with E-state index in [9.17, 15) is 0 Å². The first kappa shape index (κ1) is 74.4. The average Bonchev–Trinajstić information content (AvgIpc) is 0.807. The molecular weight excluding hydrogens is 1350 g/mol. The highest BCUT2D eigenvalue weighted by Crippen LogP contribution is 2.38. The summed E-state index contributed by atoms with van der Waals surface area (Å²) in [6.07, 6.45) is 0. The number of fused-ring (bicyclic) bond motifs is 25. The van der Waals surface area contributed by atoms with Gasteiger partial charge in [-0.05, 0) is 223 Å². The largest absolute Gasteiger partial charge is 0.490 e. The van der Waals surface area contributed by atoms with Gasteiger partial charge in [-0.25, -0.2) is 0 Å². The number of hydrogen-bond donors (Lipinski definition) is 8. The molecule has 0 radical (unpaired) electrons. The van der Waals surface area contributed by atoms with Gasteiger partial charge in [0.2, 0.25) is 0 Å². The summed E-state index contributed by atoms with van der Waals surface area (Å²) in [6, 6.07) is 26.6. The van der Waals surface area contributed by atoms with Crippen molar-refractivity contribution < 1.29 is 76.3 Å². The van der Waals surface area contributed by atoms with Crippen molar-refractivity contribution in [1.82, 2.24) is 0 Å². The van der Waals surface area contributed by atoms with Crippen LogP contribution in [-0.4, -0.2) is 127 Å². The summed E-state index contributed by atoms with van der Waals surface area (Å²) in [4.78, 5) is 121. The predicted octanol–water partition coefficient (Wildman–Crippen LogP) is 13.5. The molecule has 24 heteroatoms. The topological polar surface area (TPSA) is 307 Å². The number of rotatable bonds is 0. The average molecular weight is 1440 g/mol. The predicted molar refractivity (Wildman–Crippen MR) is 404 cm³/mol. The molecule has 0 aliphatic carbocycles. The molecule has 13 bridgehead atoms. The third-order valence-electron chi connectivity index (χ3n) is 19.0. The summed E-state index contributed by atoms with van der Waals surface area (Å²) >= 11 is 0. The van der Waals surface area contributed by atoms with Gasteiger partial charge < -0.3 is 80.4 Å². The standard InChI is InChI=1S/C82H86N8O16/c1-42-21-54-62-37-99-13-14-100-38-82-39-101-15-18-104-71-56(76(93)85-65-33-63(83-74(54)91)46(5)29-48(65)7)23-43(2)25-58(71)78(95)87-67-35-69(52(11)31-50(67)9)89-80(97)60-27-45(4)28-61(73(60)106-20-17-103-41-82)81(98)90-70-36-68(51(10)32-53(70)12)88-79(96)59-26-44(3)24-57(72(59)105-19-16-102-40-82)77(94)86-66-34-64(47(6)30-49(66)8)84-75(92)55(62)22-42/h21-36H,13-20,37-41H2,1-12H3,(H,83,91)(H,84,92)(H,85,93)(H,86,94)(H,87,95)(H,88,96)(H,89,97)(H,90,98). The SMILES string of the molecule is Cc1cc2c3c(c1)C(=O)Nc1cc(c(C)cc1C)NC(=O)c1cc(C)cc4c1OCCOCC1(COCCOC3)COCCOc3c(cc(C)cc3C(=O)Nc3cc(c(C)cc3C)NC(=O)c3cc(C)cc(c3OCCOC1)C(=O)Nc1cc(c(C)cc1C)NC4=O)C(=O)Nc1cc(c(C)cc1C)NC2=O. The third-order valence-corrected chi connectivity index (χ3v) is 19.0. The zero-order chi connectivity index (χ0) is 75.4. The first-order chi connectivity index (χ1) is 50.7. The van der Waals surface area contributed by atoms with Gasteiger partial charge >= 0.3 is 0 Å². The van der Waals surface area contributed by atoms with Crippen LogP contribution in [0.25, 0.3) is 0 Å². The molecular formula is C82H86N8O16. The zero-order valence-corrected chi connectivity index (χ0v) is 61.5. The number of carbonyl (C=O) groups excluding carboxylic acids is 8. The molecule has 0 atom stereocenters. The molecule has 0 saturated heterocycles. The first-order valence-electron chi connectivity index (χ1n) is 35.0. The van der Waals surface area contributed by atoms with Gasteiger partial charge in [0.1, 0.15) is 37.1 Å². The van der Waals surface area contributed by atoms with Crippen LogP contribution in [0.2, 0.25) is 0 Å². The molecule has 1 spiro atoms. The molecule has 106 heavy (non-hydrogen) atoms. The Morgan fingerprint density at radius 3 is 0.651 bits per heavy atom. The first-order valence-corrected chi connectivity index (χ1v) is 35.0. The minimum absolute atomic E-state index is 0.0182. The second-order valence-corrected chi connectivity index (χ2v) is 27.8. The van der Waals surface area contributed by atoms with E-state index >= 15 is 38.4 Å². The maximum absolute atomic E-state index is 15.2. The normalized spacial score (nSPS) is 16.5. The summed E-state index contributed by atoms with van der Waals surface area (Å²) in [5.41, 5.74) is 8.70. The Hall–Kier alpha value is -11.3. The minimum atomic E-state index is -1.25. The van der Waals surface area contributed by atoms with Crippen LogP contribution in [0.1, 0.15) is 155 Å². The van der Waals surface area contributed by atoms with E-state index in [0.29, 0.717) is 112 Å². The molecule has 8 aromatic rings. The van der Waals surface area contributed by atoms with E-state index in [1.165, 1.54) is 0 Å². The Labute approximate surface area is 614 Å². The Morgan fingerprint density at radius 2 is 0.425 bits per heavy atom. The van der Waals surface area contributed by atoms with Crippen LogP contribution in [-0.2, 0) is 30.3 Å². The lowest BCUT2D eigenvalue weighted by molar-refractivity contribution is -0.116. The number of amides is 8. The lowest BCUT2D eigenvalue weighted by atomic mass is 9.92. The highest BCUT2D eigenvalue weighted by atomic mass is 16.6. The Balaban J connectivity index is 1.08. The van der Waals surface area contributed by atoms with Crippen molar-refractivity contribution in [3.05, 3.63) is 214 Å². The van der Waals surface area contributed by atoms with Crippen LogP contribution >= 0.6 is 0 Å². The van der Waals surface area contributed by atoms with Gasteiger partial charge in [0.25, 0.3) is 47.3 Å². The van der Waals surface area contributed by atoms with E-state index in [0.717, 1.165) is 0 Å². The minimum Gasteiger partial charge on any atom is -0.490 e. The summed E-state index contributed by atoms with van der Waals surface area (Å²) in [5.74, 6) is -5.48. The van der Waals surface area contributed by atoms with E-state index in [1.807, 2.05) is 0 Å². The van der Waals surface area contributed by atoms with E-state index in [2.05, 4.69) is 42.5 Å². The number of anilines is 8. The second kappa shape index (κ2) is 31.6. The fourth-order valence-corrected chi connectivity index (χ4v) is 13.5. The monoisotopic (exact) mass is 1440 g/mol. The highest BCUT2D eigenvalue weighted by molar-refractivity contribution is 6.17. The molecule has 4 heterocycles. The van der Waals surface area contributed by atoms with Gasteiger partial charge in [0.15, 0.2) is 0 Å². The molecule has 12 rings (SSSR count). The van der Waals surface area contributed by atoms with Crippen LogP contribution in [0.4, 0.5) is 45.5 Å². The third kappa shape index (κ3) is 16.5. The van der Waals surface area contributed by atoms with E-state index in [-0.39, 0.29) is 153 Å². The molecule has 0 unspecified atom stereocenters. The summed E-state index contributed by atoms with van der Waals surface area (Å²) in [6.45, 7) is 19.3. The molecule has 0 fully saturated rings. The quantitative estimate of drug-likeness (QED) is 0.0700. The zero-order valence-electron chi connectivity index (χ0n) is 61.5. The van der Waals surface area contributed by atoms with E-state index in [4.69, 9.17) is 37.9 Å². The van der Waals surface area contributed by atoms with Crippen molar-refractivity contribution in [2.45, 2.75) is 89.7 Å². The molecule has 4 aliphatic rings. The Kier molecular flexibility index (Phi) is 22.2. The van der Waals surface area contributed by atoms with Crippen LogP contribution in [0.5, 0.6) is 17.2 Å². The number of aryl methyl sites for hydroxylation is 12. The van der Waals surface area contributed by atoms with Crippen LogP contribution in [0.15, 0.2) is 97.1 Å². The lowest BCUT2D eigenvalue weighted by Gasteiger charge is -2.33. The van der Waals surface area contributed by atoms with E-state index < -0.39 is 52.7 Å². The molecule has 0 saturated carbocycles. The summed E-state index contributed by atoms with van der Waals surface area (Å²) < 4.78 is 52.5. The van der Waals surface area contributed by atoms with Gasteiger partial charge in [0, 0.05) is 62.2 Å². The van der Waals surface area contributed by atoms with Crippen molar-refractivity contribution in [3.63, 3.8) is 0 Å². The van der Waals surface area contributed by atoms with Gasteiger partial charge in [-0.1, -0.05) is 24.3 Å². The number of benzene rings is 8. The van der Waals surface area contributed by atoms with E-state index in [1.54, 1.807) is 180 Å². The van der Waals surface area contributed by atoms with Gasteiger partial charge in [0.05, 0.1) is 105 Å². The van der Waals surface area contributed by atoms with Crippen molar-refractivity contribution in [3.8, 4) is 17.2 Å². The maximum Gasteiger partial charge on any atom is 0.259 e. The molecule has 4 aliphatic heterocycles. The summed E-state index contributed by atoms with van der Waals surface area (Å²) in [5, 5.41) is 24.3. The molecule has 24 nitrogen and oxygen atoms in total. The lowest BCUT2D eigenvalue weighted by Crippen LogP contribution is -2.43. The Morgan fingerprint density at radius 1 is 0.236 bits per heavy atom. The molecule has 8 N–H and O–H groups in total. The molecule has 8 amide bonds. The maximum atomic E-state index is 15.2. The number of nitrogens with one attached hydrogen (secondary N) is 8. The fourth-order valence-electron chi connectivity index (χ4n) is 13.5. The van der Waals surface area contributed by atoms with Crippen LogP contribution in [0, 0.1) is 88.5 Å². The summed E-state index contributed by atoms with van der Waals surface area (Å²) in [7, 11) is 0. The fraction of sp³-hybridized carbons (Fsp3) is 0.317. The smallest absolute Gasteiger partial charge is 0.259 e. The van der Waals surface area contributed by atoms with Crippen molar-refractivity contribution in [1.29, 1.82) is 0 Å². The number of carbonyl (C=O) groups is 8.